The van der Waals surface area contributed by atoms with Crippen molar-refractivity contribution < 1.29 is 4.79 Å². The molecule has 1 fully saturated rings. The number of aromatic amines is 1. The SMILES string of the molecule is CC(C)CC(=O)N1CCCC(c2ncc(-c3ccccc3)[nH]2)C1. The Kier molecular flexibility index (Phi) is 4.79. The van der Waals surface area contributed by atoms with Crippen molar-refractivity contribution in [2.24, 2.45) is 5.92 Å². The first-order valence-corrected chi connectivity index (χ1v) is 8.51. The van der Waals surface area contributed by atoms with Crippen molar-refractivity contribution >= 4 is 5.91 Å². The number of amides is 1. The minimum atomic E-state index is 0.277. The van der Waals surface area contributed by atoms with Crippen molar-refractivity contribution in [3.63, 3.8) is 0 Å². The van der Waals surface area contributed by atoms with Gasteiger partial charge in [0.25, 0.3) is 0 Å². The molecule has 1 N–H and O–H groups in total. The van der Waals surface area contributed by atoms with Crippen molar-refractivity contribution in [1.82, 2.24) is 14.9 Å². The van der Waals surface area contributed by atoms with Gasteiger partial charge in [0.15, 0.2) is 0 Å². The number of nitrogens with zero attached hydrogens (tertiary/aromatic N) is 2. The molecule has 1 amide bonds. The van der Waals surface area contributed by atoms with Gasteiger partial charge in [-0.1, -0.05) is 44.2 Å². The van der Waals surface area contributed by atoms with Crippen molar-refractivity contribution in [1.29, 1.82) is 0 Å². The van der Waals surface area contributed by atoms with Crippen LogP contribution in [0.4, 0.5) is 0 Å². The minimum Gasteiger partial charge on any atom is -0.342 e. The smallest absolute Gasteiger partial charge is 0.222 e. The predicted molar refractivity (Wildman–Crippen MR) is 92.0 cm³/mol. The molecule has 4 heteroatoms. The van der Waals surface area contributed by atoms with E-state index in [0.717, 1.165) is 43.0 Å². The second-order valence-corrected chi connectivity index (χ2v) is 6.83. The molecule has 2 heterocycles. The number of carbonyl (C=O) groups is 1. The molecule has 0 aliphatic carbocycles. The number of carbonyl (C=O) groups excluding carboxylic acids is 1. The first kappa shape index (κ1) is 15.8. The number of H-pyrrole nitrogens is 1. The van der Waals surface area contributed by atoms with Gasteiger partial charge in [-0.05, 0) is 24.3 Å². The van der Waals surface area contributed by atoms with E-state index in [2.05, 4.69) is 35.9 Å². The molecular formula is C19H25N3O. The van der Waals surface area contributed by atoms with Crippen molar-refractivity contribution in [2.75, 3.05) is 13.1 Å². The Morgan fingerprint density at radius 2 is 2.13 bits per heavy atom. The van der Waals surface area contributed by atoms with Gasteiger partial charge in [-0.15, -0.1) is 0 Å². The Morgan fingerprint density at radius 3 is 2.87 bits per heavy atom. The monoisotopic (exact) mass is 311 g/mol. The third-order valence-corrected chi connectivity index (χ3v) is 4.42. The molecule has 1 aliphatic heterocycles. The standard InChI is InChI=1S/C19H25N3O/c1-14(2)11-18(23)22-10-6-9-16(13-22)19-20-12-17(21-19)15-7-4-3-5-8-15/h3-5,7-8,12,14,16H,6,9-11,13H2,1-2H3,(H,20,21). The molecule has 3 rings (SSSR count). The summed E-state index contributed by atoms with van der Waals surface area (Å²) in [6.45, 7) is 5.86. The van der Waals surface area contributed by atoms with Crippen LogP contribution in [0.25, 0.3) is 11.3 Å². The van der Waals surface area contributed by atoms with E-state index in [4.69, 9.17) is 0 Å². The Hall–Kier alpha value is -2.10. The van der Waals surface area contributed by atoms with E-state index < -0.39 is 0 Å². The van der Waals surface area contributed by atoms with Crippen molar-refractivity contribution in [3.05, 3.63) is 42.4 Å². The maximum Gasteiger partial charge on any atom is 0.222 e. The quantitative estimate of drug-likeness (QED) is 0.933. The van der Waals surface area contributed by atoms with Crippen LogP contribution in [0.3, 0.4) is 0 Å². The van der Waals surface area contributed by atoms with Crippen LogP contribution in [0.2, 0.25) is 0 Å². The maximum absolute atomic E-state index is 12.3. The number of benzene rings is 1. The second kappa shape index (κ2) is 6.99. The molecule has 4 nitrogen and oxygen atoms in total. The summed E-state index contributed by atoms with van der Waals surface area (Å²) in [5.74, 6) is 2.01. The summed E-state index contributed by atoms with van der Waals surface area (Å²) in [6, 6.07) is 10.2. The van der Waals surface area contributed by atoms with Gasteiger partial charge in [0.2, 0.25) is 5.91 Å². The van der Waals surface area contributed by atoms with E-state index in [1.165, 1.54) is 0 Å². The summed E-state index contributed by atoms with van der Waals surface area (Å²) in [4.78, 5) is 22.3. The van der Waals surface area contributed by atoms with Crippen molar-refractivity contribution in [3.8, 4) is 11.3 Å². The summed E-state index contributed by atoms with van der Waals surface area (Å²) in [5.41, 5.74) is 2.20. The summed E-state index contributed by atoms with van der Waals surface area (Å²) in [7, 11) is 0. The fourth-order valence-corrected chi connectivity index (χ4v) is 3.21. The molecule has 0 spiro atoms. The fraction of sp³-hybridized carbons (Fsp3) is 0.474. The lowest BCUT2D eigenvalue weighted by Crippen LogP contribution is -2.39. The number of piperidine rings is 1. The molecule has 23 heavy (non-hydrogen) atoms. The topological polar surface area (TPSA) is 49.0 Å². The zero-order valence-electron chi connectivity index (χ0n) is 14.0. The number of nitrogens with one attached hydrogen (secondary N) is 1. The molecule has 1 aromatic heterocycles. The molecule has 0 radical (unpaired) electrons. The third kappa shape index (κ3) is 3.81. The Labute approximate surface area is 137 Å². The molecule has 0 saturated carbocycles. The summed E-state index contributed by atoms with van der Waals surface area (Å²) < 4.78 is 0. The molecule has 1 saturated heterocycles. The van der Waals surface area contributed by atoms with Gasteiger partial charge in [-0.25, -0.2) is 4.98 Å². The van der Waals surface area contributed by atoms with E-state index in [1.807, 2.05) is 29.3 Å². The van der Waals surface area contributed by atoms with Gasteiger partial charge in [-0.2, -0.15) is 0 Å². The largest absolute Gasteiger partial charge is 0.342 e. The molecule has 2 aromatic rings. The zero-order chi connectivity index (χ0) is 16.2. The Bertz CT molecular complexity index is 648. The highest BCUT2D eigenvalue weighted by Crippen LogP contribution is 2.27. The van der Waals surface area contributed by atoms with Crippen LogP contribution in [0.15, 0.2) is 36.5 Å². The van der Waals surface area contributed by atoms with Gasteiger partial charge in [-0.3, -0.25) is 4.79 Å². The number of hydrogen-bond donors (Lipinski definition) is 1. The van der Waals surface area contributed by atoms with Crippen molar-refractivity contribution in [2.45, 2.75) is 39.0 Å². The lowest BCUT2D eigenvalue weighted by molar-refractivity contribution is -0.133. The first-order valence-electron chi connectivity index (χ1n) is 8.51. The average Bonchev–Trinajstić information content (AvgIpc) is 3.05. The summed E-state index contributed by atoms with van der Waals surface area (Å²) in [6.07, 6.45) is 4.68. The van der Waals surface area contributed by atoms with E-state index in [9.17, 15) is 4.79 Å². The number of likely N-dealkylation sites (tertiary alicyclic amines) is 1. The zero-order valence-corrected chi connectivity index (χ0v) is 14.0. The summed E-state index contributed by atoms with van der Waals surface area (Å²) >= 11 is 0. The lowest BCUT2D eigenvalue weighted by atomic mass is 9.96. The number of aromatic nitrogens is 2. The van der Waals surface area contributed by atoms with Gasteiger partial charge < -0.3 is 9.88 Å². The second-order valence-electron chi connectivity index (χ2n) is 6.83. The first-order chi connectivity index (χ1) is 11.1. The van der Waals surface area contributed by atoms with Gasteiger partial charge in [0.1, 0.15) is 5.82 Å². The lowest BCUT2D eigenvalue weighted by Gasteiger charge is -2.32. The minimum absolute atomic E-state index is 0.277. The Balaban J connectivity index is 1.70. The predicted octanol–water partition coefficient (Wildman–Crippen LogP) is 3.83. The third-order valence-electron chi connectivity index (χ3n) is 4.42. The number of imidazole rings is 1. The van der Waals surface area contributed by atoms with E-state index in [1.54, 1.807) is 0 Å². The molecular weight excluding hydrogens is 286 g/mol. The van der Waals surface area contributed by atoms with Crippen LogP contribution in [0.1, 0.15) is 44.9 Å². The van der Waals surface area contributed by atoms with Gasteiger partial charge in [0.05, 0.1) is 11.9 Å². The highest BCUT2D eigenvalue weighted by molar-refractivity contribution is 5.76. The fourth-order valence-electron chi connectivity index (χ4n) is 3.21. The molecule has 0 bridgehead atoms. The van der Waals surface area contributed by atoms with Gasteiger partial charge >= 0.3 is 0 Å². The van der Waals surface area contributed by atoms with Crippen LogP contribution in [-0.4, -0.2) is 33.9 Å². The molecule has 1 aliphatic rings. The molecule has 1 unspecified atom stereocenters. The molecule has 1 aromatic carbocycles. The highest BCUT2D eigenvalue weighted by Gasteiger charge is 2.26. The normalized spacial score (nSPS) is 18.4. The molecule has 1 atom stereocenters. The van der Waals surface area contributed by atoms with E-state index in [-0.39, 0.29) is 5.91 Å². The van der Waals surface area contributed by atoms with E-state index in [0.29, 0.717) is 18.3 Å². The number of hydrogen-bond acceptors (Lipinski definition) is 2. The average molecular weight is 311 g/mol. The van der Waals surface area contributed by atoms with E-state index >= 15 is 0 Å². The Morgan fingerprint density at radius 1 is 1.35 bits per heavy atom. The summed E-state index contributed by atoms with van der Waals surface area (Å²) in [5, 5.41) is 0. The molecule has 122 valence electrons. The van der Waals surface area contributed by atoms with Crippen LogP contribution >= 0.6 is 0 Å². The number of rotatable bonds is 4. The van der Waals surface area contributed by atoms with Crippen LogP contribution in [0.5, 0.6) is 0 Å². The van der Waals surface area contributed by atoms with Crippen LogP contribution < -0.4 is 0 Å². The highest BCUT2D eigenvalue weighted by atomic mass is 16.2. The maximum atomic E-state index is 12.3. The van der Waals surface area contributed by atoms with Gasteiger partial charge in [0, 0.05) is 25.4 Å². The van der Waals surface area contributed by atoms with Crippen LogP contribution in [0, 0.1) is 5.92 Å². The van der Waals surface area contributed by atoms with Crippen LogP contribution in [-0.2, 0) is 4.79 Å².